The SMILES string of the molecule is Cc1cc(C(C)(C)C)c([O][La])c(C(C)(C)C)c1. The minimum absolute atomic E-state index is 0.135. The van der Waals surface area contributed by atoms with E-state index in [2.05, 4.69) is 60.6 Å². The van der Waals surface area contributed by atoms with E-state index in [1.54, 1.807) is 0 Å². The van der Waals surface area contributed by atoms with E-state index >= 15 is 0 Å². The van der Waals surface area contributed by atoms with Gasteiger partial charge in [0.15, 0.2) is 0 Å². The standard InChI is InChI=1S/C15H24O.La/c1-10-8-11(14(2,3)4)13(16)12(9-10)15(5,6)7;/h8-9,16H,1-7H3;/q;+1/p-1. The minimum atomic E-state index is 0.135. The van der Waals surface area contributed by atoms with E-state index in [9.17, 15) is 0 Å². The van der Waals surface area contributed by atoms with Crippen molar-refractivity contribution in [3.63, 3.8) is 0 Å². The molecule has 1 aromatic rings. The Morgan fingerprint density at radius 1 is 0.882 bits per heavy atom. The Morgan fingerprint density at radius 2 is 1.24 bits per heavy atom. The number of aryl methyl sites for hydroxylation is 1. The molecule has 0 saturated heterocycles. The molecule has 1 nitrogen and oxygen atoms in total. The average molecular weight is 358 g/mol. The van der Waals surface area contributed by atoms with Crippen LogP contribution in [-0.4, -0.2) is 0 Å². The average Bonchev–Trinajstić information content (AvgIpc) is 2.13. The van der Waals surface area contributed by atoms with Crippen LogP contribution in [0.3, 0.4) is 0 Å². The summed E-state index contributed by atoms with van der Waals surface area (Å²) in [6, 6.07) is 4.54. The molecule has 0 spiro atoms. The predicted molar refractivity (Wildman–Crippen MR) is 69.2 cm³/mol. The molecule has 0 aromatic heterocycles. The fourth-order valence-electron chi connectivity index (χ4n) is 2.01. The van der Waals surface area contributed by atoms with E-state index in [0.717, 1.165) is 5.75 Å². The van der Waals surface area contributed by atoms with Gasteiger partial charge in [-0.15, -0.1) is 0 Å². The van der Waals surface area contributed by atoms with Gasteiger partial charge in [0, 0.05) is 0 Å². The number of benzene rings is 1. The number of rotatable bonds is 1. The van der Waals surface area contributed by atoms with Gasteiger partial charge >= 0.3 is 130 Å². The van der Waals surface area contributed by atoms with Gasteiger partial charge in [0.1, 0.15) is 0 Å². The summed E-state index contributed by atoms with van der Waals surface area (Å²) in [6.45, 7) is 15.7. The summed E-state index contributed by atoms with van der Waals surface area (Å²) >= 11 is 0.532. The van der Waals surface area contributed by atoms with Gasteiger partial charge in [0.05, 0.1) is 0 Å². The van der Waals surface area contributed by atoms with Gasteiger partial charge in [-0.05, 0) is 0 Å². The Hall–Kier alpha value is 0.215. The fraction of sp³-hybridized carbons (Fsp3) is 0.600. The van der Waals surface area contributed by atoms with Crippen molar-refractivity contribution in [2.24, 2.45) is 0 Å². The molecular formula is C15H23LaO. The first kappa shape index (κ1) is 15.3. The van der Waals surface area contributed by atoms with Gasteiger partial charge in [0.2, 0.25) is 0 Å². The topological polar surface area (TPSA) is 9.23 Å². The Morgan fingerprint density at radius 3 is 1.47 bits per heavy atom. The second-order valence-electron chi connectivity index (χ2n) is 6.81. The van der Waals surface area contributed by atoms with Gasteiger partial charge in [-0.2, -0.15) is 0 Å². The predicted octanol–water partition coefficient (Wildman–Crippen LogP) is 4.43. The summed E-state index contributed by atoms with van der Waals surface area (Å²) in [5.74, 6) is 1.13. The van der Waals surface area contributed by atoms with Gasteiger partial charge < -0.3 is 0 Å². The fourth-order valence-corrected chi connectivity index (χ4v) is 2.81. The van der Waals surface area contributed by atoms with E-state index in [1.807, 2.05) is 0 Å². The summed E-state index contributed by atoms with van der Waals surface area (Å²) in [5, 5.41) is 0. The zero-order valence-electron chi connectivity index (χ0n) is 12.1. The van der Waals surface area contributed by atoms with E-state index in [4.69, 9.17) is 1.70 Å². The van der Waals surface area contributed by atoms with E-state index < -0.39 is 0 Å². The van der Waals surface area contributed by atoms with Crippen molar-refractivity contribution in [3.05, 3.63) is 28.8 Å². The molecule has 0 atom stereocenters. The Labute approximate surface area is 129 Å². The van der Waals surface area contributed by atoms with Crippen LogP contribution in [0.2, 0.25) is 0 Å². The summed E-state index contributed by atoms with van der Waals surface area (Å²) in [5.41, 5.74) is 4.27. The first-order valence-electron chi connectivity index (χ1n) is 6.09. The second-order valence-corrected chi connectivity index (χ2v) is 7.55. The zero-order chi connectivity index (χ0) is 13.4. The molecule has 2 heteroatoms. The molecule has 1 rings (SSSR count). The van der Waals surface area contributed by atoms with Gasteiger partial charge in [-0.25, -0.2) is 0 Å². The van der Waals surface area contributed by atoms with E-state index in [0.29, 0.717) is 34.3 Å². The molecule has 0 aliphatic heterocycles. The summed E-state index contributed by atoms with van der Waals surface area (Å²) in [4.78, 5) is 0. The third kappa shape index (κ3) is 3.59. The van der Waals surface area contributed by atoms with Crippen molar-refractivity contribution < 1.29 is 36.0 Å². The molecule has 0 fully saturated rings. The molecule has 17 heavy (non-hydrogen) atoms. The quantitative estimate of drug-likeness (QED) is 0.722. The van der Waals surface area contributed by atoms with Crippen LogP contribution >= 0.6 is 0 Å². The molecule has 0 heterocycles. The molecule has 0 bridgehead atoms. The first-order valence-corrected chi connectivity index (χ1v) is 7.57. The van der Waals surface area contributed by atoms with E-state index in [-0.39, 0.29) is 10.8 Å². The Kier molecular flexibility index (Phi) is 4.55. The Bertz CT molecular complexity index is 373. The van der Waals surface area contributed by atoms with Crippen molar-refractivity contribution in [1.82, 2.24) is 0 Å². The van der Waals surface area contributed by atoms with Crippen LogP contribution in [0.5, 0.6) is 5.75 Å². The van der Waals surface area contributed by atoms with Crippen LogP contribution in [0, 0.1) is 41.2 Å². The maximum atomic E-state index is 5.85. The van der Waals surface area contributed by atoms with Crippen molar-refractivity contribution >= 4 is 0 Å². The van der Waals surface area contributed by atoms with Gasteiger partial charge in [-0.3, -0.25) is 0 Å². The first-order chi connectivity index (χ1) is 7.57. The molecule has 0 amide bonds. The number of hydrogen-bond donors (Lipinski definition) is 0. The molecule has 0 N–H and O–H groups in total. The summed E-state index contributed by atoms with van der Waals surface area (Å²) < 4.78 is 5.85. The molecule has 0 saturated carbocycles. The van der Waals surface area contributed by atoms with Crippen molar-refractivity contribution in [3.8, 4) is 5.75 Å². The van der Waals surface area contributed by atoms with Crippen LogP contribution in [0.25, 0.3) is 0 Å². The molecule has 0 aliphatic carbocycles. The number of hydrogen-bond acceptors (Lipinski definition) is 1. The van der Waals surface area contributed by atoms with Crippen molar-refractivity contribution in [2.45, 2.75) is 59.3 Å². The molecule has 92 valence electrons. The van der Waals surface area contributed by atoms with Gasteiger partial charge in [0.25, 0.3) is 0 Å². The van der Waals surface area contributed by atoms with Crippen molar-refractivity contribution in [2.75, 3.05) is 0 Å². The summed E-state index contributed by atoms with van der Waals surface area (Å²) in [6.07, 6.45) is 0. The molecular weight excluding hydrogens is 335 g/mol. The maximum absolute atomic E-state index is 5.85. The van der Waals surface area contributed by atoms with Crippen LogP contribution in [0.4, 0.5) is 0 Å². The third-order valence-electron chi connectivity index (χ3n) is 2.97. The third-order valence-corrected chi connectivity index (χ3v) is 3.71. The molecule has 1 aromatic carbocycles. The monoisotopic (exact) mass is 358 g/mol. The van der Waals surface area contributed by atoms with Crippen LogP contribution in [0.15, 0.2) is 12.1 Å². The zero-order valence-corrected chi connectivity index (χ0v) is 15.8. The molecule has 0 radical (unpaired) electrons. The molecule has 0 aliphatic rings. The van der Waals surface area contributed by atoms with Gasteiger partial charge in [-0.1, -0.05) is 0 Å². The molecule has 0 unspecified atom stereocenters. The van der Waals surface area contributed by atoms with Crippen molar-refractivity contribution in [1.29, 1.82) is 0 Å². The van der Waals surface area contributed by atoms with E-state index in [1.165, 1.54) is 16.7 Å². The van der Waals surface area contributed by atoms with Crippen LogP contribution in [-0.2, 0) is 10.8 Å². The second kappa shape index (κ2) is 5.07. The van der Waals surface area contributed by atoms with Crippen LogP contribution < -0.4 is 1.70 Å². The van der Waals surface area contributed by atoms with Crippen LogP contribution in [0.1, 0.15) is 58.2 Å². The summed E-state index contributed by atoms with van der Waals surface area (Å²) in [7, 11) is 0. The Balaban J connectivity index is 3.58. The normalized spacial score (nSPS) is 12.6.